The molecule has 0 aliphatic rings. The molecule has 0 saturated carbocycles. The van der Waals surface area contributed by atoms with Gasteiger partial charge in [-0.25, -0.2) is 9.67 Å². The second-order valence-corrected chi connectivity index (χ2v) is 6.96. The van der Waals surface area contributed by atoms with Crippen LogP contribution in [0, 0.1) is 0 Å². The minimum absolute atomic E-state index is 0.0664. The zero-order chi connectivity index (χ0) is 13.1. The van der Waals surface area contributed by atoms with Gasteiger partial charge in [0.05, 0.1) is 15.1 Å². The Bertz CT molecular complexity index is 545. The van der Waals surface area contributed by atoms with E-state index in [1.807, 2.05) is 6.07 Å². The third-order valence-corrected chi connectivity index (χ3v) is 5.67. The summed E-state index contributed by atoms with van der Waals surface area (Å²) in [6.07, 6.45) is 2.76. The number of rotatable bonds is 5. The summed E-state index contributed by atoms with van der Waals surface area (Å²) in [6, 6.07) is 1.83. The zero-order valence-electron chi connectivity index (χ0n) is 9.69. The Morgan fingerprint density at radius 3 is 2.89 bits per heavy atom. The van der Waals surface area contributed by atoms with E-state index in [1.54, 1.807) is 4.68 Å². The van der Waals surface area contributed by atoms with E-state index >= 15 is 0 Å². The van der Waals surface area contributed by atoms with Gasteiger partial charge in [-0.3, -0.25) is 4.79 Å². The monoisotopic (exact) mass is 391 g/mol. The number of Topliss-reactive ketones (excluding diaryl/α,β-unsaturated/α-hetero) is 1. The van der Waals surface area contributed by atoms with Crippen molar-refractivity contribution in [2.24, 2.45) is 0 Å². The van der Waals surface area contributed by atoms with E-state index in [9.17, 15) is 4.79 Å². The Balaban J connectivity index is 2.13. The summed E-state index contributed by atoms with van der Waals surface area (Å²) < 4.78 is 3.63. The Kier molecular flexibility index (Phi) is 4.69. The highest BCUT2D eigenvalue weighted by Crippen LogP contribution is 2.32. The molecule has 0 atom stereocenters. The smallest absolute Gasteiger partial charge is 0.180 e. The van der Waals surface area contributed by atoms with Crippen LogP contribution in [-0.4, -0.2) is 20.5 Å². The summed E-state index contributed by atoms with van der Waals surface area (Å²) in [6.45, 7) is 2.86. The van der Waals surface area contributed by atoms with Gasteiger partial charge in [-0.15, -0.1) is 11.3 Å². The normalized spacial score (nSPS) is 10.8. The van der Waals surface area contributed by atoms with Gasteiger partial charge in [-0.1, -0.05) is 6.92 Å². The number of carbonyl (C=O) groups is 1. The van der Waals surface area contributed by atoms with Gasteiger partial charge in [0.1, 0.15) is 12.2 Å². The lowest BCUT2D eigenvalue weighted by Crippen LogP contribution is -2.10. The minimum atomic E-state index is 0.0664. The van der Waals surface area contributed by atoms with Crippen molar-refractivity contribution < 1.29 is 4.79 Å². The fourth-order valence-electron chi connectivity index (χ4n) is 1.54. The first-order chi connectivity index (χ1) is 8.61. The average molecular weight is 393 g/mol. The van der Waals surface area contributed by atoms with Crippen molar-refractivity contribution in [3.63, 3.8) is 0 Å². The minimum Gasteiger partial charge on any atom is -0.293 e. The standard InChI is InChI=1S/C11H11Br2N3OS/c1-2-3-16-10(14-6-15-16)5-8(17)9-4-7(12)11(13)18-9/h4,6H,2-3,5H2,1H3. The first-order valence-corrected chi connectivity index (χ1v) is 7.86. The molecule has 0 N–H and O–H groups in total. The number of carbonyl (C=O) groups excluding carboxylic acids is 1. The van der Waals surface area contributed by atoms with Gasteiger partial charge in [-0.2, -0.15) is 5.10 Å². The van der Waals surface area contributed by atoms with E-state index in [0.29, 0.717) is 6.42 Å². The molecule has 4 nitrogen and oxygen atoms in total. The van der Waals surface area contributed by atoms with Crippen molar-refractivity contribution in [2.75, 3.05) is 0 Å². The summed E-state index contributed by atoms with van der Waals surface area (Å²) in [7, 11) is 0. The number of aromatic nitrogens is 3. The van der Waals surface area contributed by atoms with Crippen molar-refractivity contribution >= 4 is 49.0 Å². The van der Waals surface area contributed by atoms with Gasteiger partial charge in [0.2, 0.25) is 0 Å². The largest absolute Gasteiger partial charge is 0.293 e. The first-order valence-electron chi connectivity index (χ1n) is 5.46. The summed E-state index contributed by atoms with van der Waals surface area (Å²) in [4.78, 5) is 17.0. The molecular formula is C11H11Br2N3OS. The van der Waals surface area contributed by atoms with Crippen molar-refractivity contribution in [3.05, 3.63) is 31.4 Å². The zero-order valence-corrected chi connectivity index (χ0v) is 13.7. The molecule has 0 aliphatic heterocycles. The molecule has 96 valence electrons. The molecule has 0 saturated heterocycles. The molecular weight excluding hydrogens is 382 g/mol. The Morgan fingerprint density at radius 1 is 1.50 bits per heavy atom. The Labute approximate surface area is 126 Å². The predicted molar refractivity (Wildman–Crippen MR) is 78.1 cm³/mol. The highest BCUT2D eigenvalue weighted by Gasteiger charge is 2.15. The maximum absolute atomic E-state index is 12.1. The summed E-state index contributed by atoms with van der Waals surface area (Å²) in [5.74, 6) is 0.791. The number of nitrogens with zero attached hydrogens (tertiary/aromatic N) is 3. The maximum Gasteiger partial charge on any atom is 0.180 e. The van der Waals surface area contributed by atoms with Gasteiger partial charge in [0.15, 0.2) is 5.78 Å². The summed E-state index contributed by atoms with van der Waals surface area (Å²) in [5.41, 5.74) is 0. The van der Waals surface area contributed by atoms with Crippen molar-refractivity contribution in [2.45, 2.75) is 26.3 Å². The van der Waals surface area contributed by atoms with Crippen LogP contribution >= 0.6 is 43.2 Å². The summed E-state index contributed by atoms with van der Waals surface area (Å²) >= 11 is 8.19. The van der Waals surface area contributed by atoms with Gasteiger partial charge in [-0.05, 0) is 44.3 Å². The quantitative estimate of drug-likeness (QED) is 0.729. The molecule has 2 aromatic heterocycles. The van der Waals surface area contributed by atoms with Crippen LogP contribution in [0.5, 0.6) is 0 Å². The van der Waals surface area contributed by atoms with E-state index < -0.39 is 0 Å². The van der Waals surface area contributed by atoms with Crippen molar-refractivity contribution in [3.8, 4) is 0 Å². The van der Waals surface area contributed by atoms with Gasteiger partial charge in [0, 0.05) is 11.0 Å². The van der Waals surface area contributed by atoms with E-state index in [2.05, 4.69) is 48.9 Å². The van der Waals surface area contributed by atoms with Crippen LogP contribution in [0.2, 0.25) is 0 Å². The lowest BCUT2D eigenvalue weighted by atomic mass is 10.2. The molecule has 0 fully saturated rings. The molecule has 0 amide bonds. The Hall–Kier alpha value is -0.530. The highest BCUT2D eigenvalue weighted by molar-refractivity contribution is 9.13. The third-order valence-electron chi connectivity index (χ3n) is 2.37. The van der Waals surface area contributed by atoms with E-state index in [-0.39, 0.29) is 5.78 Å². The molecule has 0 aliphatic carbocycles. The second kappa shape index (κ2) is 6.08. The van der Waals surface area contributed by atoms with Gasteiger partial charge < -0.3 is 0 Å². The number of hydrogen-bond donors (Lipinski definition) is 0. The third kappa shape index (κ3) is 3.07. The molecule has 0 spiro atoms. The molecule has 2 heterocycles. The van der Waals surface area contributed by atoms with E-state index in [0.717, 1.165) is 31.9 Å². The average Bonchev–Trinajstić information content (AvgIpc) is 2.88. The highest BCUT2D eigenvalue weighted by atomic mass is 79.9. The number of ketones is 1. The van der Waals surface area contributed by atoms with Crippen LogP contribution in [0.15, 0.2) is 20.7 Å². The molecule has 18 heavy (non-hydrogen) atoms. The van der Waals surface area contributed by atoms with Crippen LogP contribution in [0.1, 0.15) is 28.8 Å². The Morgan fingerprint density at radius 2 is 2.28 bits per heavy atom. The topological polar surface area (TPSA) is 47.8 Å². The SMILES string of the molecule is CCCn1ncnc1CC(=O)c1cc(Br)c(Br)s1. The van der Waals surface area contributed by atoms with Crippen LogP contribution in [0.4, 0.5) is 0 Å². The van der Waals surface area contributed by atoms with Gasteiger partial charge in [0.25, 0.3) is 0 Å². The van der Waals surface area contributed by atoms with E-state index in [1.165, 1.54) is 17.7 Å². The molecule has 2 aromatic rings. The first kappa shape index (κ1) is 13.9. The fourth-order valence-corrected chi connectivity index (χ4v) is 3.51. The lowest BCUT2D eigenvalue weighted by Gasteiger charge is -2.02. The number of halogens is 2. The molecule has 0 unspecified atom stereocenters. The second-order valence-electron chi connectivity index (χ2n) is 3.73. The lowest BCUT2D eigenvalue weighted by molar-refractivity contribution is 0.0993. The molecule has 7 heteroatoms. The van der Waals surface area contributed by atoms with Gasteiger partial charge >= 0.3 is 0 Å². The van der Waals surface area contributed by atoms with Crippen LogP contribution in [0.25, 0.3) is 0 Å². The van der Waals surface area contributed by atoms with Crippen molar-refractivity contribution in [1.29, 1.82) is 0 Å². The fraction of sp³-hybridized carbons (Fsp3) is 0.364. The molecule has 2 rings (SSSR count). The van der Waals surface area contributed by atoms with Crippen molar-refractivity contribution in [1.82, 2.24) is 14.8 Å². The maximum atomic E-state index is 12.1. The summed E-state index contributed by atoms with van der Waals surface area (Å²) in [5, 5.41) is 4.11. The molecule has 0 bridgehead atoms. The van der Waals surface area contributed by atoms with Crippen LogP contribution < -0.4 is 0 Å². The van der Waals surface area contributed by atoms with Crippen LogP contribution in [0.3, 0.4) is 0 Å². The number of thiophene rings is 1. The van der Waals surface area contributed by atoms with E-state index in [4.69, 9.17) is 0 Å². The van der Waals surface area contributed by atoms with Crippen LogP contribution in [-0.2, 0) is 13.0 Å². The number of aryl methyl sites for hydroxylation is 1. The predicted octanol–water partition coefficient (Wildman–Crippen LogP) is 3.70. The number of hydrogen-bond acceptors (Lipinski definition) is 4. The molecule has 0 aromatic carbocycles. The molecule has 0 radical (unpaired) electrons.